The van der Waals surface area contributed by atoms with E-state index in [0.29, 0.717) is 32.7 Å². The van der Waals surface area contributed by atoms with E-state index in [2.05, 4.69) is 5.10 Å². The van der Waals surface area contributed by atoms with Gasteiger partial charge in [-0.1, -0.05) is 6.07 Å². The Bertz CT molecular complexity index is 759. The highest BCUT2D eigenvalue weighted by Crippen LogP contribution is 2.31. The lowest BCUT2D eigenvalue weighted by atomic mass is 9.95. The topological polar surface area (TPSA) is 65.8 Å². The summed E-state index contributed by atoms with van der Waals surface area (Å²) in [5.41, 5.74) is 2.03. The molecule has 1 aliphatic heterocycles. The van der Waals surface area contributed by atoms with Gasteiger partial charge in [-0.15, -0.1) is 0 Å². The maximum atomic E-state index is 13.1. The molecule has 3 rings (SSSR count). The molecule has 1 aliphatic rings. The van der Waals surface area contributed by atoms with Gasteiger partial charge in [-0.3, -0.25) is 9.48 Å². The van der Waals surface area contributed by atoms with Crippen LogP contribution in [0.15, 0.2) is 30.6 Å². The molecular formula is C19H25N3O4. The molecule has 1 atom stereocenters. The predicted octanol–water partition coefficient (Wildman–Crippen LogP) is 1.65. The molecule has 1 aromatic carbocycles. The molecule has 1 amide bonds. The first-order chi connectivity index (χ1) is 12.6. The van der Waals surface area contributed by atoms with Crippen molar-refractivity contribution in [3.05, 3.63) is 41.7 Å². The minimum absolute atomic E-state index is 0.0763. The van der Waals surface area contributed by atoms with Crippen molar-refractivity contribution in [1.29, 1.82) is 0 Å². The van der Waals surface area contributed by atoms with Crippen molar-refractivity contribution in [2.75, 3.05) is 34.0 Å². The van der Waals surface area contributed by atoms with Gasteiger partial charge in [0.1, 0.15) is 18.1 Å². The fourth-order valence-electron chi connectivity index (χ4n) is 3.14. The summed E-state index contributed by atoms with van der Waals surface area (Å²) in [5, 5.41) is 4.18. The highest BCUT2D eigenvalue weighted by molar-refractivity contribution is 5.80. The standard InChI is InChI=1S/C19H25N3O4/c1-21-11-14(10-20-21)12-22(6-7-24-2)19(23)16-8-15-4-5-17(25-3)9-18(15)26-13-16/h4-5,9-11,16H,6-8,12-13H2,1-3H3/t16-/m0/s1. The lowest BCUT2D eigenvalue weighted by Gasteiger charge is -2.30. The van der Waals surface area contributed by atoms with Gasteiger partial charge in [0.25, 0.3) is 0 Å². The maximum Gasteiger partial charge on any atom is 0.229 e. The molecule has 26 heavy (non-hydrogen) atoms. The Balaban J connectivity index is 1.71. The van der Waals surface area contributed by atoms with E-state index < -0.39 is 0 Å². The molecule has 0 aliphatic carbocycles. The lowest BCUT2D eigenvalue weighted by Crippen LogP contribution is -2.41. The largest absolute Gasteiger partial charge is 0.497 e. The van der Waals surface area contributed by atoms with E-state index in [1.54, 1.807) is 25.1 Å². The molecule has 0 saturated carbocycles. The predicted molar refractivity (Wildman–Crippen MR) is 96.2 cm³/mol. The number of hydrogen-bond donors (Lipinski definition) is 0. The number of hydrogen-bond acceptors (Lipinski definition) is 5. The summed E-state index contributed by atoms with van der Waals surface area (Å²) in [6, 6.07) is 5.73. The Hall–Kier alpha value is -2.54. The van der Waals surface area contributed by atoms with E-state index in [-0.39, 0.29) is 11.8 Å². The van der Waals surface area contributed by atoms with Crippen molar-refractivity contribution in [2.45, 2.75) is 13.0 Å². The fraction of sp³-hybridized carbons (Fsp3) is 0.474. The third kappa shape index (κ3) is 4.16. The number of amides is 1. The van der Waals surface area contributed by atoms with Crippen molar-refractivity contribution in [3.8, 4) is 11.5 Å². The number of benzene rings is 1. The van der Waals surface area contributed by atoms with Gasteiger partial charge in [-0.25, -0.2) is 0 Å². The minimum Gasteiger partial charge on any atom is -0.497 e. The molecule has 7 nitrogen and oxygen atoms in total. The lowest BCUT2D eigenvalue weighted by molar-refractivity contribution is -0.138. The maximum absolute atomic E-state index is 13.1. The summed E-state index contributed by atoms with van der Waals surface area (Å²) in [6.45, 7) is 1.92. The van der Waals surface area contributed by atoms with Crippen molar-refractivity contribution in [3.63, 3.8) is 0 Å². The van der Waals surface area contributed by atoms with Crippen LogP contribution in [0.4, 0.5) is 0 Å². The first kappa shape index (κ1) is 18.3. The Labute approximate surface area is 153 Å². The number of aromatic nitrogens is 2. The van der Waals surface area contributed by atoms with Crippen molar-refractivity contribution < 1.29 is 19.0 Å². The van der Waals surface area contributed by atoms with E-state index in [1.165, 1.54) is 0 Å². The van der Waals surface area contributed by atoms with Crippen LogP contribution in [-0.2, 0) is 29.5 Å². The van der Waals surface area contributed by atoms with Crippen molar-refractivity contribution >= 4 is 5.91 Å². The molecule has 0 fully saturated rings. The van der Waals surface area contributed by atoms with Gasteiger partial charge >= 0.3 is 0 Å². The molecule has 2 aromatic rings. The Kier molecular flexibility index (Phi) is 5.78. The molecular weight excluding hydrogens is 334 g/mol. The van der Waals surface area contributed by atoms with Crippen LogP contribution < -0.4 is 9.47 Å². The molecule has 7 heteroatoms. The summed E-state index contributed by atoms with van der Waals surface area (Å²) in [7, 11) is 5.13. The highest BCUT2D eigenvalue weighted by Gasteiger charge is 2.30. The van der Waals surface area contributed by atoms with E-state index >= 15 is 0 Å². The second kappa shape index (κ2) is 8.23. The molecule has 0 unspecified atom stereocenters. The number of carbonyl (C=O) groups excluding carboxylic acids is 1. The van der Waals surface area contributed by atoms with Gasteiger partial charge in [0.15, 0.2) is 0 Å². The van der Waals surface area contributed by atoms with Gasteiger partial charge in [0.05, 0.1) is 25.8 Å². The summed E-state index contributed by atoms with van der Waals surface area (Å²) in [4.78, 5) is 14.9. The highest BCUT2D eigenvalue weighted by atomic mass is 16.5. The first-order valence-corrected chi connectivity index (χ1v) is 8.65. The minimum atomic E-state index is -0.204. The average Bonchev–Trinajstić information content (AvgIpc) is 3.08. The third-order valence-corrected chi connectivity index (χ3v) is 4.54. The third-order valence-electron chi connectivity index (χ3n) is 4.54. The van der Waals surface area contributed by atoms with Crippen molar-refractivity contribution in [1.82, 2.24) is 14.7 Å². The first-order valence-electron chi connectivity index (χ1n) is 8.65. The van der Waals surface area contributed by atoms with Gasteiger partial charge in [-0.05, 0) is 18.1 Å². The number of fused-ring (bicyclic) bond motifs is 1. The number of methoxy groups -OCH3 is 2. The monoisotopic (exact) mass is 359 g/mol. The van der Waals surface area contributed by atoms with Gasteiger partial charge in [-0.2, -0.15) is 5.10 Å². The fourth-order valence-corrected chi connectivity index (χ4v) is 3.14. The molecule has 0 bridgehead atoms. The van der Waals surface area contributed by atoms with Gasteiger partial charge in [0.2, 0.25) is 5.91 Å². The SMILES string of the molecule is COCCN(Cc1cnn(C)c1)C(=O)[C@@H]1COc2cc(OC)ccc2C1. The normalized spacial score (nSPS) is 15.9. The van der Waals surface area contributed by atoms with Gasteiger partial charge < -0.3 is 19.1 Å². The summed E-state index contributed by atoms with van der Waals surface area (Å²) in [6.07, 6.45) is 4.37. The zero-order valence-corrected chi connectivity index (χ0v) is 15.5. The summed E-state index contributed by atoms with van der Waals surface area (Å²) >= 11 is 0. The molecule has 140 valence electrons. The summed E-state index contributed by atoms with van der Waals surface area (Å²) < 4.78 is 18.0. The zero-order chi connectivity index (χ0) is 18.5. The van der Waals surface area contributed by atoms with Crippen LogP contribution in [0.25, 0.3) is 0 Å². The number of nitrogens with zero attached hydrogens (tertiary/aromatic N) is 3. The number of rotatable bonds is 7. The van der Waals surface area contributed by atoms with E-state index in [1.807, 2.05) is 36.3 Å². The molecule has 0 radical (unpaired) electrons. The average molecular weight is 359 g/mol. The summed E-state index contributed by atoms with van der Waals surface area (Å²) in [5.74, 6) is 1.42. The van der Waals surface area contributed by atoms with Crippen LogP contribution >= 0.6 is 0 Å². The van der Waals surface area contributed by atoms with Crippen LogP contribution in [0.3, 0.4) is 0 Å². The molecule has 2 heterocycles. The smallest absolute Gasteiger partial charge is 0.229 e. The number of aryl methyl sites for hydroxylation is 1. The van der Waals surface area contributed by atoms with Crippen LogP contribution in [0.1, 0.15) is 11.1 Å². The zero-order valence-electron chi connectivity index (χ0n) is 15.5. The molecule has 1 aromatic heterocycles. The molecule has 0 saturated heterocycles. The number of carbonyl (C=O) groups is 1. The second-order valence-corrected chi connectivity index (χ2v) is 6.46. The van der Waals surface area contributed by atoms with Crippen LogP contribution in [0, 0.1) is 5.92 Å². The molecule has 0 N–H and O–H groups in total. The Morgan fingerprint density at radius 1 is 1.42 bits per heavy atom. The van der Waals surface area contributed by atoms with Crippen LogP contribution in [0.2, 0.25) is 0 Å². The van der Waals surface area contributed by atoms with Crippen LogP contribution in [0.5, 0.6) is 11.5 Å². The van der Waals surface area contributed by atoms with Crippen LogP contribution in [-0.4, -0.2) is 54.6 Å². The quantitative estimate of drug-likeness (QED) is 0.752. The second-order valence-electron chi connectivity index (χ2n) is 6.46. The van der Waals surface area contributed by atoms with E-state index in [9.17, 15) is 4.79 Å². The Morgan fingerprint density at radius 2 is 2.27 bits per heavy atom. The molecule has 0 spiro atoms. The van der Waals surface area contributed by atoms with Crippen molar-refractivity contribution in [2.24, 2.45) is 13.0 Å². The van der Waals surface area contributed by atoms with E-state index in [0.717, 1.165) is 22.6 Å². The Morgan fingerprint density at radius 3 is 2.96 bits per heavy atom. The van der Waals surface area contributed by atoms with Gasteiger partial charge in [0, 0.05) is 45.1 Å². The van der Waals surface area contributed by atoms with E-state index in [4.69, 9.17) is 14.2 Å². The number of ether oxygens (including phenoxy) is 3.